The van der Waals surface area contributed by atoms with E-state index in [0.29, 0.717) is 71.0 Å². The van der Waals surface area contributed by atoms with Crippen LogP contribution in [0.2, 0.25) is 10.0 Å². The molecule has 103 heavy (non-hydrogen) atoms. The summed E-state index contributed by atoms with van der Waals surface area (Å²) >= 11 is 19.5. The first-order valence-electron chi connectivity index (χ1n) is 35.0. The first kappa shape index (κ1) is 81.3. The van der Waals surface area contributed by atoms with Crippen molar-refractivity contribution in [1.29, 1.82) is 0 Å². The van der Waals surface area contributed by atoms with Crippen LogP contribution in [0.5, 0.6) is 0 Å². The van der Waals surface area contributed by atoms with Gasteiger partial charge in [0.1, 0.15) is 0 Å². The molecule has 0 bridgehead atoms. The Bertz CT molecular complexity index is 3710. The molecule has 25 nitrogen and oxygen atoms in total. The highest BCUT2D eigenvalue weighted by Crippen LogP contribution is 2.45. The van der Waals surface area contributed by atoms with Crippen LogP contribution in [0, 0.1) is 47.3 Å². The van der Waals surface area contributed by atoms with Crippen LogP contribution in [-0.2, 0) is 76.5 Å². The van der Waals surface area contributed by atoms with Crippen molar-refractivity contribution in [2.24, 2.45) is 53.1 Å². The minimum Gasteiger partial charge on any atom is -0.481 e. The Kier molecular flexibility index (Phi) is 30.9. The SMILES string of the molecule is CC(OCCCN)C1C(=O)N(c2cccc(Cl)c2)C(=O)C1CC(OCCCNC(=O)CCCCC(=O)NCCCOC(C)C1C(=O)N(c2ccc(Br)cc2)C(=O)C1CC(OCCCNC(=O)CCCCC(=O)O)C1C(=O)N(c2ccc(Br)cc2)C(=O)C1C)C1C(=O)N(c2cccc(Cl)c2)C(=O)C1C. The number of nitrogens with two attached hydrogens (primary N) is 1. The number of imide groups is 4. The van der Waals surface area contributed by atoms with E-state index < -0.39 is 125 Å². The third-order valence-electron chi connectivity index (χ3n) is 19.2. The summed E-state index contributed by atoms with van der Waals surface area (Å²) in [7, 11) is 0. The van der Waals surface area contributed by atoms with Gasteiger partial charge >= 0.3 is 5.97 Å². The van der Waals surface area contributed by atoms with Gasteiger partial charge in [-0.05, 0) is 170 Å². The van der Waals surface area contributed by atoms with E-state index in [4.69, 9.17) is 53.0 Å². The molecule has 8 rings (SSSR count). The number of halogens is 4. The molecule has 4 saturated heterocycles. The fourth-order valence-electron chi connectivity index (χ4n) is 13.8. The van der Waals surface area contributed by atoms with Crippen molar-refractivity contribution in [2.75, 3.05) is 72.2 Å². The van der Waals surface area contributed by atoms with Crippen molar-refractivity contribution in [3.8, 4) is 0 Å². The second-order valence-electron chi connectivity index (χ2n) is 26.4. The van der Waals surface area contributed by atoms with E-state index in [2.05, 4.69) is 47.8 Å². The van der Waals surface area contributed by atoms with E-state index in [-0.39, 0.29) is 127 Å². The Labute approximate surface area is 625 Å². The van der Waals surface area contributed by atoms with Crippen LogP contribution < -0.4 is 41.3 Å². The predicted octanol–water partition coefficient (Wildman–Crippen LogP) is 9.52. The summed E-state index contributed by atoms with van der Waals surface area (Å²) in [6.07, 6.45) is -0.833. The lowest BCUT2D eigenvalue weighted by atomic mass is 9.80. The number of unbranched alkanes of at least 4 members (excludes halogenated alkanes) is 2. The number of hydrogen-bond acceptors (Lipinski definition) is 17. The van der Waals surface area contributed by atoms with E-state index in [1.54, 1.807) is 113 Å². The quantitative estimate of drug-likeness (QED) is 0.0204. The largest absolute Gasteiger partial charge is 0.481 e. The molecule has 29 heteroatoms. The van der Waals surface area contributed by atoms with Crippen molar-refractivity contribution >= 4 is 149 Å². The lowest BCUT2D eigenvalue weighted by molar-refractivity contribution is -0.137. The number of benzene rings is 4. The molecule has 0 saturated carbocycles. The van der Waals surface area contributed by atoms with Crippen molar-refractivity contribution in [2.45, 2.75) is 142 Å². The smallest absolute Gasteiger partial charge is 0.303 e. The standard InChI is InChI=1S/C74H90Br2Cl2N8O17/c1-43-63(71(96)83(67(43)92)51-27-23-47(75)24-28-51)57(102-37-14-34-82-61(89)21-7-8-22-62(90)91)41-55-65(73(98)84(69(55)94)52-29-25-48(76)26-30-52)46(4)101-36-12-32-80-59(87)19-5-6-20-60(88)81-33-13-38-103-58(64-44(2)68(93)85(72(64)97)53-17-9-15-49(77)39-53)42-56-66(45(3)100-35-11-31-79)74(99)86(70(56)95)54-18-10-16-50(78)40-54/h9-10,15-18,23-30,39-40,43-46,55-58,63-66H,5-8,11-14,19-22,31-38,41-42,79H2,1-4H3,(H,80,87)(H,81,88)(H,82,89)(H,90,91). The van der Waals surface area contributed by atoms with Crippen molar-refractivity contribution in [1.82, 2.24) is 16.0 Å². The summed E-state index contributed by atoms with van der Waals surface area (Å²) in [6.45, 7) is 7.82. The average Bonchev–Trinajstić information content (AvgIpc) is 1.62. The third-order valence-corrected chi connectivity index (χ3v) is 20.7. The summed E-state index contributed by atoms with van der Waals surface area (Å²) in [4.78, 5) is 169. The van der Waals surface area contributed by atoms with Gasteiger partial charge in [-0.25, -0.2) is 19.6 Å². The highest BCUT2D eigenvalue weighted by molar-refractivity contribution is 9.10. The van der Waals surface area contributed by atoms with Gasteiger partial charge in [-0.3, -0.25) is 57.5 Å². The number of rotatable bonds is 41. The van der Waals surface area contributed by atoms with Crippen LogP contribution >= 0.6 is 55.1 Å². The first-order valence-corrected chi connectivity index (χ1v) is 37.4. The summed E-state index contributed by atoms with van der Waals surface area (Å²) in [6, 6.07) is 26.0. The topological polar surface area (TPSA) is 337 Å². The number of anilines is 4. The summed E-state index contributed by atoms with van der Waals surface area (Å²) < 4.78 is 26.8. The highest BCUT2D eigenvalue weighted by Gasteiger charge is 2.58. The van der Waals surface area contributed by atoms with Crippen LogP contribution in [0.25, 0.3) is 0 Å². The number of carbonyl (C=O) groups excluding carboxylic acids is 11. The van der Waals surface area contributed by atoms with Gasteiger partial charge in [0.15, 0.2) is 0 Å². The van der Waals surface area contributed by atoms with Gasteiger partial charge in [0.25, 0.3) is 0 Å². The molecule has 0 aliphatic carbocycles. The number of ether oxygens (including phenoxy) is 4. The van der Waals surface area contributed by atoms with Crippen LogP contribution in [0.3, 0.4) is 0 Å². The lowest BCUT2D eigenvalue weighted by Gasteiger charge is -2.29. The Hall–Kier alpha value is -7.34. The zero-order valence-electron chi connectivity index (χ0n) is 58.1. The molecular formula is C74H90Br2Cl2N8O17. The van der Waals surface area contributed by atoms with Crippen molar-refractivity contribution in [3.05, 3.63) is 116 Å². The Balaban J connectivity index is 0.830. The maximum Gasteiger partial charge on any atom is 0.303 e. The van der Waals surface area contributed by atoms with Gasteiger partial charge in [0, 0.05) is 90.7 Å². The Morgan fingerprint density at radius 1 is 0.447 bits per heavy atom. The summed E-state index contributed by atoms with van der Waals surface area (Å²) in [5.74, 6) is -14.1. The number of amides is 11. The number of carbonyl (C=O) groups is 12. The lowest BCUT2D eigenvalue weighted by Crippen LogP contribution is -2.40. The second-order valence-corrected chi connectivity index (χ2v) is 29.1. The molecule has 4 aromatic rings. The van der Waals surface area contributed by atoms with Gasteiger partial charge in [-0.15, -0.1) is 0 Å². The minimum absolute atomic E-state index is 0.00256. The molecule has 4 aliphatic rings. The zero-order chi connectivity index (χ0) is 74.6. The Morgan fingerprint density at radius 2 is 0.777 bits per heavy atom. The van der Waals surface area contributed by atoms with Crippen LogP contribution in [0.15, 0.2) is 106 Å². The molecule has 4 aromatic carbocycles. The van der Waals surface area contributed by atoms with E-state index >= 15 is 0 Å². The molecule has 556 valence electrons. The maximum atomic E-state index is 14.8. The number of carboxylic acid groups (broad SMARTS) is 1. The van der Waals surface area contributed by atoms with Gasteiger partial charge in [-0.2, -0.15) is 0 Å². The first-order chi connectivity index (χ1) is 49.3. The van der Waals surface area contributed by atoms with Crippen LogP contribution in [0.1, 0.15) is 118 Å². The number of carboxylic acids is 1. The average molecular weight is 1590 g/mol. The van der Waals surface area contributed by atoms with Crippen LogP contribution in [-0.4, -0.2) is 153 Å². The molecule has 4 heterocycles. The molecule has 0 aromatic heterocycles. The molecule has 4 fully saturated rings. The zero-order valence-corrected chi connectivity index (χ0v) is 62.8. The van der Waals surface area contributed by atoms with Gasteiger partial charge in [-0.1, -0.05) is 81.0 Å². The number of nitrogens with zero attached hydrogens (tertiary/aromatic N) is 4. The molecular weight excluding hydrogens is 1500 g/mol. The summed E-state index contributed by atoms with van der Waals surface area (Å²) in [5, 5.41) is 18.1. The normalized spacial score (nSPS) is 21.8. The summed E-state index contributed by atoms with van der Waals surface area (Å²) in [5.41, 5.74) is 6.94. The number of nitrogens with one attached hydrogen (secondary N) is 3. The van der Waals surface area contributed by atoms with Crippen LogP contribution in [0.4, 0.5) is 22.7 Å². The fraction of sp³-hybridized carbons (Fsp3) is 0.514. The molecule has 4 aliphatic heterocycles. The minimum atomic E-state index is -1.09. The monoisotopic (exact) mass is 1590 g/mol. The number of hydrogen-bond donors (Lipinski definition) is 5. The molecule has 12 atom stereocenters. The molecule has 11 amide bonds. The van der Waals surface area contributed by atoms with E-state index in [0.717, 1.165) is 24.1 Å². The van der Waals surface area contributed by atoms with E-state index in [1.807, 2.05) is 0 Å². The Morgan fingerprint density at radius 3 is 1.15 bits per heavy atom. The molecule has 0 spiro atoms. The molecule has 6 N–H and O–H groups in total. The van der Waals surface area contributed by atoms with Crippen molar-refractivity contribution < 1.29 is 81.6 Å². The fourth-order valence-corrected chi connectivity index (χ4v) is 14.7. The third kappa shape index (κ3) is 21.2. The molecule has 0 radical (unpaired) electrons. The van der Waals surface area contributed by atoms with Gasteiger partial charge < -0.3 is 45.7 Å². The highest BCUT2D eigenvalue weighted by atomic mass is 79.9. The molecule has 12 unspecified atom stereocenters. The predicted molar refractivity (Wildman–Crippen MR) is 391 cm³/mol. The van der Waals surface area contributed by atoms with Gasteiger partial charge in [0.05, 0.1) is 94.5 Å². The second kappa shape index (κ2) is 39.1. The maximum absolute atomic E-state index is 14.8. The van der Waals surface area contributed by atoms with Gasteiger partial charge in [0.2, 0.25) is 65.0 Å². The van der Waals surface area contributed by atoms with E-state index in [9.17, 15) is 57.5 Å². The van der Waals surface area contributed by atoms with E-state index in [1.165, 1.54) is 12.1 Å². The number of aliphatic carboxylic acids is 1. The van der Waals surface area contributed by atoms with Crippen molar-refractivity contribution in [3.63, 3.8) is 0 Å².